The minimum Gasteiger partial charge on any atom is -0.327 e. The SMILES string of the molecule is Cl.NC1CCCC2CN(S(=O)(=O)c3ccc(Cl)cc3[N+](=O)[O-])CC12. The van der Waals surface area contributed by atoms with Crippen LogP contribution in [-0.4, -0.2) is 36.8 Å². The Hall–Kier alpha value is -0.930. The summed E-state index contributed by atoms with van der Waals surface area (Å²) in [5.41, 5.74) is 5.63. The van der Waals surface area contributed by atoms with E-state index in [1.165, 1.54) is 16.4 Å². The molecular weight excluding hydrogens is 377 g/mol. The molecule has 0 radical (unpaired) electrons. The summed E-state index contributed by atoms with van der Waals surface area (Å²) in [6, 6.07) is 3.63. The highest BCUT2D eigenvalue weighted by Crippen LogP contribution is 2.39. The zero-order valence-corrected chi connectivity index (χ0v) is 15.2. The van der Waals surface area contributed by atoms with Gasteiger partial charge in [0.2, 0.25) is 10.0 Å². The lowest BCUT2D eigenvalue weighted by molar-refractivity contribution is -0.387. The van der Waals surface area contributed by atoms with Crippen LogP contribution in [0.1, 0.15) is 19.3 Å². The molecule has 0 spiro atoms. The maximum Gasteiger partial charge on any atom is 0.290 e. The highest BCUT2D eigenvalue weighted by atomic mass is 35.5. The lowest BCUT2D eigenvalue weighted by atomic mass is 9.78. The van der Waals surface area contributed by atoms with E-state index in [1.54, 1.807) is 0 Å². The first-order chi connectivity index (χ1) is 10.8. The molecule has 3 unspecified atom stereocenters. The summed E-state index contributed by atoms with van der Waals surface area (Å²) in [4.78, 5) is 10.2. The molecule has 134 valence electrons. The topological polar surface area (TPSA) is 107 Å². The van der Waals surface area contributed by atoms with Crippen molar-refractivity contribution in [2.45, 2.75) is 30.2 Å². The van der Waals surface area contributed by atoms with Gasteiger partial charge in [0.05, 0.1) is 4.92 Å². The molecule has 1 aromatic rings. The first-order valence-corrected chi connectivity index (χ1v) is 9.32. The molecule has 0 bridgehead atoms. The minimum absolute atomic E-state index is 0. The summed E-state index contributed by atoms with van der Waals surface area (Å²) in [6.45, 7) is 0.703. The summed E-state index contributed by atoms with van der Waals surface area (Å²) >= 11 is 5.76. The molecule has 2 aliphatic rings. The van der Waals surface area contributed by atoms with Crippen molar-refractivity contribution in [3.05, 3.63) is 33.3 Å². The first kappa shape index (κ1) is 19.4. The largest absolute Gasteiger partial charge is 0.327 e. The predicted molar refractivity (Wildman–Crippen MR) is 92.9 cm³/mol. The van der Waals surface area contributed by atoms with Crippen molar-refractivity contribution in [2.24, 2.45) is 17.6 Å². The van der Waals surface area contributed by atoms with Gasteiger partial charge in [-0.05, 0) is 36.8 Å². The number of nitrogens with two attached hydrogens (primary N) is 1. The molecule has 1 heterocycles. The van der Waals surface area contributed by atoms with E-state index in [0.717, 1.165) is 25.3 Å². The Bertz CT molecular complexity index is 744. The van der Waals surface area contributed by atoms with E-state index in [1.807, 2.05) is 0 Å². The van der Waals surface area contributed by atoms with Gasteiger partial charge in [-0.2, -0.15) is 4.31 Å². The predicted octanol–water partition coefficient (Wildman–Crippen LogP) is 2.42. The van der Waals surface area contributed by atoms with Crippen molar-refractivity contribution < 1.29 is 13.3 Å². The molecule has 0 aromatic heterocycles. The van der Waals surface area contributed by atoms with Crippen LogP contribution >= 0.6 is 24.0 Å². The monoisotopic (exact) mass is 395 g/mol. The van der Waals surface area contributed by atoms with E-state index >= 15 is 0 Å². The molecule has 24 heavy (non-hydrogen) atoms. The number of nitrogens with zero attached hydrogens (tertiary/aromatic N) is 2. The second-order valence-corrected chi connectivity index (χ2v) is 8.55. The van der Waals surface area contributed by atoms with Gasteiger partial charge in [0.1, 0.15) is 0 Å². The molecule has 2 fully saturated rings. The van der Waals surface area contributed by atoms with E-state index < -0.39 is 20.6 Å². The highest BCUT2D eigenvalue weighted by molar-refractivity contribution is 7.89. The quantitative estimate of drug-likeness (QED) is 0.624. The summed E-state index contributed by atoms with van der Waals surface area (Å²) < 4.78 is 27.1. The Morgan fingerprint density at radius 1 is 1.29 bits per heavy atom. The second-order valence-electron chi connectivity index (χ2n) is 6.21. The van der Waals surface area contributed by atoms with Crippen LogP contribution in [0.3, 0.4) is 0 Å². The standard InChI is InChI=1S/C14H18ClN3O4S.ClH/c15-10-4-5-14(13(6-10)18(19)20)23(21,22)17-7-9-2-1-3-12(16)11(9)8-17;/h4-6,9,11-12H,1-3,7-8,16H2;1H. The third-order valence-electron chi connectivity index (χ3n) is 4.86. The number of nitro benzene ring substituents is 1. The highest BCUT2D eigenvalue weighted by Gasteiger charge is 2.44. The first-order valence-electron chi connectivity index (χ1n) is 7.50. The van der Waals surface area contributed by atoms with Gasteiger partial charge >= 0.3 is 0 Å². The van der Waals surface area contributed by atoms with E-state index in [0.29, 0.717) is 13.1 Å². The lowest BCUT2D eigenvalue weighted by Gasteiger charge is -2.29. The Morgan fingerprint density at radius 2 is 2.00 bits per heavy atom. The van der Waals surface area contributed by atoms with Crippen molar-refractivity contribution in [3.8, 4) is 0 Å². The van der Waals surface area contributed by atoms with Crippen LogP contribution in [0, 0.1) is 22.0 Å². The molecule has 1 saturated heterocycles. The second kappa shape index (κ2) is 7.13. The summed E-state index contributed by atoms with van der Waals surface area (Å²) in [5, 5.41) is 11.3. The Morgan fingerprint density at radius 3 is 2.62 bits per heavy atom. The van der Waals surface area contributed by atoms with Crippen molar-refractivity contribution in [2.75, 3.05) is 13.1 Å². The summed E-state index contributed by atoms with van der Waals surface area (Å²) in [7, 11) is -3.94. The summed E-state index contributed by atoms with van der Waals surface area (Å²) in [5.74, 6) is 0.366. The van der Waals surface area contributed by atoms with Crippen molar-refractivity contribution in [1.82, 2.24) is 4.31 Å². The maximum absolute atomic E-state index is 12.9. The van der Waals surface area contributed by atoms with Crippen molar-refractivity contribution in [1.29, 1.82) is 0 Å². The van der Waals surface area contributed by atoms with Gasteiger partial charge in [-0.1, -0.05) is 18.0 Å². The lowest BCUT2D eigenvalue weighted by Crippen LogP contribution is -2.38. The zero-order chi connectivity index (χ0) is 16.8. The normalized spacial score (nSPS) is 27.3. The van der Waals surface area contributed by atoms with Gasteiger partial charge in [-0.25, -0.2) is 8.42 Å². The molecule has 1 saturated carbocycles. The average molecular weight is 396 g/mol. The van der Waals surface area contributed by atoms with Crippen LogP contribution in [0.25, 0.3) is 0 Å². The van der Waals surface area contributed by atoms with Crippen molar-refractivity contribution in [3.63, 3.8) is 0 Å². The minimum atomic E-state index is -3.94. The Balaban J connectivity index is 0.00000208. The van der Waals surface area contributed by atoms with Crippen LogP contribution < -0.4 is 5.73 Å². The number of hydrogen-bond donors (Lipinski definition) is 1. The number of nitro groups is 1. The number of hydrogen-bond acceptors (Lipinski definition) is 5. The van der Waals surface area contributed by atoms with Gasteiger partial charge in [0, 0.05) is 30.2 Å². The molecular formula is C14H19Cl2N3O4S. The molecule has 0 amide bonds. The molecule has 1 aliphatic carbocycles. The zero-order valence-electron chi connectivity index (χ0n) is 12.8. The van der Waals surface area contributed by atoms with E-state index in [-0.39, 0.29) is 40.2 Å². The van der Waals surface area contributed by atoms with Gasteiger partial charge < -0.3 is 5.73 Å². The third kappa shape index (κ3) is 3.39. The van der Waals surface area contributed by atoms with Crippen LogP contribution in [0.15, 0.2) is 23.1 Å². The fourth-order valence-corrected chi connectivity index (χ4v) is 5.50. The van der Waals surface area contributed by atoms with Gasteiger partial charge in [0.15, 0.2) is 4.90 Å². The molecule has 7 nitrogen and oxygen atoms in total. The smallest absolute Gasteiger partial charge is 0.290 e. The molecule has 1 aliphatic heterocycles. The average Bonchev–Trinajstić information content (AvgIpc) is 2.93. The van der Waals surface area contributed by atoms with Crippen molar-refractivity contribution >= 4 is 39.7 Å². The number of benzene rings is 1. The van der Waals surface area contributed by atoms with Crippen LogP contribution in [0.2, 0.25) is 5.02 Å². The molecule has 3 atom stereocenters. The fraction of sp³-hybridized carbons (Fsp3) is 0.571. The third-order valence-corrected chi connectivity index (χ3v) is 6.97. The number of halogens is 2. The van der Waals surface area contributed by atoms with Crippen LogP contribution in [-0.2, 0) is 10.0 Å². The molecule has 3 rings (SSSR count). The van der Waals surface area contributed by atoms with E-state index in [9.17, 15) is 18.5 Å². The van der Waals surface area contributed by atoms with Gasteiger partial charge in [-0.15, -0.1) is 12.4 Å². The summed E-state index contributed by atoms with van der Waals surface area (Å²) in [6.07, 6.45) is 2.85. The molecule has 2 N–H and O–H groups in total. The molecule has 1 aromatic carbocycles. The van der Waals surface area contributed by atoms with Gasteiger partial charge in [-0.3, -0.25) is 10.1 Å². The van der Waals surface area contributed by atoms with Crippen LogP contribution in [0.4, 0.5) is 5.69 Å². The van der Waals surface area contributed by atoms with E-state index in [2.05, 4.69) is 0 Å². The fourth-order valence-electron chi connectivity index (χ4n) is 3.66. The number of rotatable bonds is 3. The Kier molecular flexibility index (Phi) is 5.76. The van der Waals surface area contributed by atoms with Gasteiger partial charge in [0.25, 0.3) is 5.69 Å². The molecule has 10 heteroatoms. The maximum atomic E-state index is 12.9. The van der Waals surface area contributed by atoms with Crippen LogP contribution in [0.5, 0.6) is 0 Å². The van der Waals surface area contributed by atoms with E-state index in [4.69, 9.17) is 17.3 Å². The number of sulfonamides is 1. The number of fused-ring (bicyclic) bond motifs is 1. The Labute approximate surface area is 151 Å².